The summed E-state index contributed by atoms with van der Waals surface area (Å²) < 4.78 is 5.52. The number of Topliss-reactive ketones (excluding diaryl/α,β-unsaturated/α-hetero) is 1. The van der Waals surface area contributed by atoms with Gasteiger partial charge in [0.15, 0.2) is 5.78 Å². The number of fused-ring (bicyclic) bond motifs is 1. The van der Waals surface area contributed by atoms with Gasteiger partial charge in [0, 0.05) is 17.2 Å². The Morgan fingerprint density at radius 2 is 1.64 bits per heavy atom. The Bertz CT molecular complexity index is 777. The molecule has 0 aromatic heterocycles. The molecule has 0 aliphatic heterocycles. The lowest BCUT2D eigenvalue weighted by Crippen LogP contribution is -2.21. The molecule has 0 amide bonds. The number of ketones is 2. The first-order valence-electron chi connectivity index (χ1n) is 7.09. The van der Waals surface area contributed by atoms with Gasteiger partial charge in [-0.3, -0.25) is 9.59 Å². The van der Waals surface area contributed by atoms with Crippen molar-refractivity contribution in [2.45, 2.75) is 6.92 Å². The van der Waals surface area contributed by atoms with Crippen LogP contribution in [0, 0.1) is 0 Å². The van der Waals surface area contributed by atoms with Crippen molar-refractivity contribution in [3.8, 4) is 5.75 Å². The molecule has 3 rings (SSSR count). The van der Waals surface area contributed by atoms with Crippen LogP contribution in [0.5, 0.6) is 5.75 Å². The highest BCUT2D eigenvalue weighted by Crippen LogP contribution is 2.28. The molecule has 0 unspecified atom stereocenters. The van der Waals surface area contributed by atoms with E-state index in [0.717, 1.165) is 0 Å². The summed E-state index contributed by atoms with van der Waals surface area (Å²) in [4.78, 5) is 24.7. The molecule has 2 aromatic rings. The highest BCUT2D eigenvalue weighted by atomic mass is 16.5. The van der Waals surface area contributed by atoms with Crippen LogP contribution >= 0.6 is 0 Å². The molecule has 1 aliphatic rings. The molecule has 1 aliphatic carbocycles. The van der Waals surface area contributed by atoms with E-state index in [2.05, 4.69) is 5.32 Å². The molecular weight excluding hydrogens is 278 g/mol. The van der Waals surface area contributed by atoms with E-state index in [0.29, 0.717) is 29.2 Å². The monoisotopic (exact) mass is 293 g/mol. The Morgan fingerprint density at radius 3 is 2.41 bits per heavy atom. The molecule has 1 N–H and O–H groups in total. The molecule has 22 heavy (non-hydrogen) atoms. The van der Waals surface area contributed by atoms with Gasteiger partial charge in [-0.2, -0.15) is 0 Å². The second-order valence-electron chi connectivity index (χ2n) is 4.85. The zero-order chi connectivity index (χ0) is 15.5. The number of carbonyl (C=O) groups excluding carboxylic acids is 2. The molecule has 0 atom stereocenters. The maximum Gasteiger partial charge on any atom is 0.210 e. The maximum atomic E-state index is 12.5. The highest BCUT2D eigenvalue weighted by Gasteiger charge is 2.25. The van der Waals surface area contributed by atoms with Gasteiger partial charge in [0.2, 0.25) is 5.78 Å². The third-order valence-electron chi connectivity index (χ3n) is 3.41. The summed E-state index contributed by atoms with van der Waals surface area (Å²) in [5, 5.41) is 3.02. The van der Waals surface area contributed by atoms with Crippen molar-refractivity contribution in [3.05, 3.63) is 71.4 Å². The molecule has 2 aromatic carbocycles. The number of hydrogen-bond donors (Lipinski definition) is 1. The first-order valence-corrected chi connectivity index (χ1v) is 7.09. The average Bonchev–Trinajstić information content (AvgIpc) is 2.54. The van der Waals surface area contributed by atoms with Crippen LogP contribution < -0.4 is 10.1 Å². The predicted molar refractivity (Wildman–Crippen MR) is 84.4 cm³/mol. The number of ether oxygens (including phenoxy) is 1. The van der Waals surface area contributed by atoms with Gasteiger partial charge in [-0.25, -0.2) is 0 Å². The summed E-state index contributed by atoms with van der Waals surface area (Å²) in [6, 6.07) is 14.2. The number of allylic oxidation sites excluding steroid dienone is 2. The quantitative estimate of drug-likeness (QED) is 0.938. The second-order valence-corrected chi connectivity index (χ2v) is 4.85. The number of para-hydroxylation sites is 2. The summed E-state index contributed by atoms with van der Waals surface area (Å²) in [6.07, 6.45) is 1.34. The standard InChI is InChI=1S/C18H15NO3/c1-2-22-17-10-6-5-9-14(17)19-15-11-16(20)12-7-3-4-8-13(12)18(15)21/h3-11,19H,2H2,1H3. The average molecular weight is 293 g/mol. The lowest BCUT2D eigenvalue weighted by Gasteiger charge is -2.18. The normalized spacial score (nSPS) is 13.4. The maximum absolute atomic E-state index is 12.5. The minimum absolute atomic E-state index is 0.174. The number of rotatable bonds is 4. The summed E-state index contributed by atoms with van der Waals surface area (Å²) in [7, 11) is 0. The minimum atomic E-state index is -0.193. The molecule has 0 fully saturated rings. The van der Waals surface area contributed by atoms with Crippen LogP contribution in [-0.4, -0.2) is 18.2 Å². The largest absolute Gasteiger partial charge is 0.492 e. The molecule has 0 radical (unpaired) electrons. The van der Waals surface area contributed by atoms with Crippen LogP contribution in [0.15, 0.2) is 60.3 Å². The van der Waals surface area contributed by atoms with Crippen LogP contribution in [0.2, 0.25) is 0 Å². The zero-order valence-electron chi connectivity index (χ0n) is 12.1. The lowest BCUT2D eigenvalue weighted by molar-refractivity contribution is 0.0985. The Morgan fingerprint density at radius 1 is 0.955 bits per heavy atom. The van der Waals surface area contributed by atoms with Crippen LogP contribution in [0.3, 0.4) is 0 Å². The Labute approximate surface area is 128 Å². The molecule has 0 spiro atoms. The molecule has 110 valence electrons. The van der Waals surface area contributed by atoms with Crippen molar-refractivity contribution in [3.63, 3.8) is 0 Å². The van der Waals surface area contributed by atoms with E-state index >= 15 is 0 Å². The number of hydrogen-bond acceptors (Lipinski definition) is 4. The van der Waals surface area contributed by atoms with Crippen molar-refractivity contribution < 1.29 is 14.3 Å². The second kappa shape index (κ2) is 5.85. The fourth-order valence-electron chi connectivity index (χ4n) is 2.40. The van der Waals surface area contributed by atoms with Gasteiger partial charge in [-0.15, -0.1) is 0 Å². The summed E-state index contributed by atoms with van der Waals surface area (Å²) in [5.74, 6) is 0.276. The van der Waals surface area contributed by atoms with E-state index < -0.39 is 0 Å². The third kappa shape index (κ3) is 2.51. The zero-order valence-corrected chi connectivity index (χ0v) is 12.1. The first kappa shape index (κ1) is 14.1. The molecule has 4 nitrogen and oxygen atoms in total. The topological polar surface area (TPSA) is 55.4 Å². The molecule has 0 bridgehead atoms. The lowest BCUT2D eigenvalue weighted by atomic mass is 9.92. The summed E-state index contributed by atoms with van der Waals surface area (Å²) >= 11 is 0. The summed E-state index contributed by atoms with van der Waals surface area (Å²) in [6.45, 7) is 2.41. The molecule has 0 saturated heterocycles. The van der Waals surface area contributed by atoms with Crippen LogP contribution in [0.1, 0.15) is 27.6 Å². The van der Waals surface area contributed by atoms with Gasteiger partial charge < -0.3 is 10.1 Å². The van der Waals surface area contributed by atoms with E-state index in [4.69, 9.17) is 4.74 Å². The van der Waals surface area contributed by atoms with Crippen LogP contribution in [0.25, 0.3) is 0 Å². The molecule has 0 heterocycles. The van der Waals surface area contributed by atoms with Gasteiger partial charge in [0.25, 0.3) is 0 Å². The predicted octanol–water partition coefficient (Wildman–Crippen LogP) is 3.46. The first-order chi connectivity index (χ1) is 10.7. The fraction of sp³-hybridized carbons (Fsp3) is 0.111. The van der Waals surface area contributed by atoms with Crippen molar-refractivity contribution >= 4 is 17.3 Å². The SMILES string of the molecule is CCOc1ccccc1NC1=CC(=O)c2ccccc2C1=O. The van der Waals surface area contributed by atoms with Crippen LogP contribution in [-0.2, 0) is 0 Å². The molecule has 0 saturated carbocycles. The van der Waals surface area contributed by atoms with Crippen molar-refractivity contribution in [2.24, 2.45) is 0 Å². The van der Waals surface area contributed by atoms with Gasteiger partial charge in [0.1, 0.15) is 5.75 Å². The number of benzene rings is 2. The van der Waals surface area contributed by atoms with Gasteiger partial charge in [-0.05, 0) is 19.1 Å². The van der Waals surface area contributed by atoms with E-state index in [1.807, 2.05) is 31.2 Å². The Hall–Kier alpha value is -2.88. The van der Waals surface area contributed by atoms with E-state index in [-0.39, 0.29) is 17.3 Å². The minimum Gasteiger partial charge on any atom is -0.492 e. The van der Waals surface area contributed by atoms with Crippen molar-refractivity contribution in [2.75, 3.05) is 11.9 Å². The van der Waals surface area contributed by atoms with E-state index in [9.17, 15) is 9.59 Å². The Kier molecular flexibility index (Phi) is 3.74. The van der Waals surface area contributed by atoms with Crippen molar-refractivity contribution in [1.82, 2.24) is 0 Å². The van der Waals surface area contributed by atoms with Gasteiger partial charge in [-0.1, -0.05) is 36.4 Å². The van der Waals surface area contributed by atoms with E-state index in [1.165, 1.54) is 6.08 Å². The molecular formula is C18H15NO3. The number of nitrogens with one attached hydrogen (secondary N) is 1. The number of carbonyl (C=O) groups is 2. The fourth-order valence-corrected chi connectivity index (χ4v) is 2.40. The third-order valence-corrected chi connectivity index (χ3v) is 3.41. The van der Waals surface area contributed by atoms with Gasteiger partial charge in [0.05, 0.1) is 18.0 Å². The smallest absolute Gasteiger partial charge is 0.210 e. The van der Waals surface area contributed by atoms with Crippen LogP contribution in [0.4, 0.5) is 5.69 Å². The van der Waals surface area contributed by atoms with E-state index in [1.54, 1.807) is 24.3 Å². The highest BCUT2D eigenvalue weighted by molar-refractivity contribution is 6.25. The van der Waals surface area contributed by atoms with Crippen molar-refractivity contribution in [1.29, 1.82) is 0 Å². The molecule has 4 heteroatoms. The summed E-state index contributed by atoms with van der Waals surface area (Å²) in [5.41, 5.74) is 1.79. The Balaban J connectivity index is 1.94. The van der Waals surface area contributed by atoms with Gasteiger partial charge >= 0.3 is 0 Å². The number of anilines is 1.